The Balaban J connectivity index is 1.45. The molecule has 2 aliphatic rings. The number of nitrogens with one attached hydrogen (secondary N) is 1. The van der Waals surface area contributed by atoms with Crippen LogP contribution in [0.1, 0.15) is 32.3 Å². The summed E-state index contributed by atoms with van der Waals surface area (Å²) in [7, 11) is 0. The fourth-order valence-electron chi connectivity index (χ4n) is 2.19. The summed E-state index contributed by atoms with van der Waals surface area (Å²) in [4.78, 5) is 28.4. The van der Waals surface area contributed by atoms with Crippen LogP contribution in [0.15, 0.2) is 23.4 Å². The molecule has 1 aliphatic heterocycles. The van der Waals surface area contributed by atoms with Gasteiger partial charge in [-0.15, -0.1) is 0 Å². The monoisotopic (exact) mass is 348 g/mol. The highest BCUT2D eigenvalue weighted by Crippen LogP contribution is 2.32. The van der Waals surface area contributed by atoms with E-state index in [2.05, 4.69) is 10.5 Å². The number of carbonyl (C=O) groups excluding carboxylic acids is 2. The number of hydrogen-bond acceptors (Lipinski definition) is 7. The fraction of sp³-hybridized carbons (Fsp3) is 0.471. The van der Waals surface area contributed by atoms with Gasteiger partial charge < -0.3 is 24.4 Å². The zero-order valence-corrected chi connectivity index (χ0v) is 14.1. The lowest BCUT2D eigenvalue weighted by molar-refractivity contribution is -0.159. The maximum atomic E-state index is 11.7. The van der Waals surface area contributed by atoms with E-state index in [0.717, 1.165) is 18.4 Å². The van der Waals surface area contributed by atoms with Crippen LogP contribution in [0.25, 0.3) is 0 Å². The first-order valence-corrected chi connectivity index (χ1v) is 8.09. The Hall–Kier alpha value is -2.77. The molecule has 1 aromatic rings. The first-order chi connectivity index (χ1) is 12.0. The minimum Gasteiger partial charge on any atom is -0.454 e. The molecule has 1 N–H and O–H groups in total. The van der Waals surface area contributed by atoms with Gasteiger partial charge in [0.1, 0.15) is 0 Å². The van der Waals surface area contributed by atoms with Crippen molar-refractivity contribution >= 4 is 17.6 Å². The minimum absolute atomic E-state index is 0.198. The Morgan fingerprint density at radius 2 is 2.08 bits per heavy atom. The maximum absolute atomic E-state index is 11.7. The summed E-state index contributed by atoms with van der Waals surface area (Å²) in [5, 5.41) is 6.66. The van der Waals surface area contributed by atoms with Crippen molar-refractivity contribution in [3.63, 3.8) is 0 Å². The second-order valence-corrected chi connectivity index (χ2v) is 5.93. The number of oxime groups is 1. The molecule has 0 spiro atoms. The van der Waals surface area contributed by atoms with Crippen molar-refractivity contribution in [3.8, 4) is 11.5 Å². The van der Waals surface area contributed by atoms with Crippen molar-refractivity contribution in [2.75, 3.05) is 13.4 Å². The average Bonchev–Trinajstić information content (AvgIpc) is 3.27. The number of hydrogen-bond donors (Lipinski definition) is 1. The van der Waals surface area contributed by atoms with E-state index in [1.165, 1.54) is 6.92 Å². The maximum Gasteiger partial charge on any atom is 0.347 e. The average molecular weight is 348 g/mol. The third-order valence-electron chi connectivity index (χ3n) is 3.78. The second-order valence-electron chi connectivity index (χ2n) is 5.93. The Morgan fingerprint density at radius 3 is 2.84 bits per heavy atom. The standard InChI is InChI=1S/C17H20N2O6/c1-10(12-3-6-14-15(7-12)23-9-22-14)19-24-8-16(20)25-11(2)17(21)18-13-4-5-13/h3,6-7,11,13H,4-5,8-9H2,1-2H3,(H,18,21)/b19-10-/t11-/m0/s1. The van der Waals surface area contributed by atoms with Crippen LogP contribution in [-0.4, -0.2) is 43.1 Å². The molecule has 1 fully saturated rings. The molecule has 0 bridgehead atoms. The summed E-state index contributed by atoms with van der Waals surface area (Å²) in [6.45, 7) is 3.10. The van der Waals surface area contributed by atoms with Gasteiger partial charge in [-0.1, -0.05) is 5.16 Å². The quantitative estimate of drug-likeness (QED) is 0.454. The van der Waals surface area contributed by atoms with Gasteiger partial charge in [0.05, 0.1) is 5.71 Å². The van der Waals surface area contributed by atoms with Crippen LogP contribution in [-0.2, 0) is 19.2 Å². The molecule has 8 heteroatoms. The van der Waals surface area contributed by atoms with Crippen LogP contribution in [0.2, 0.25) is 0 Å². The highest BCUT2D eigenvalue weighted by atomic mass is 16.7. The predicted octanol–water partition coefficient (Wildman–Crippen LogP) is 1.37. The molecule has 0 unspecified atom stereocenters. The van der Waals surface area contributed by atoms with Crippen LogP contribution in [0.3, 0.4) is 0 Å². The minimum atomic E-state index is -0.851. The van der Waals surface area contributed by atoms with Crippen molar-refractivity contribution in [2.45, 2.75) is 38.8 Å². The van der Waals surface area contributed by atoms with E-state index in [1.54, 1.807) is 19.1 Å². The van der Waals surface area contributed by atoms with Gasteiger partial charge in [-0.2, -0.15) is 0 Å². The number of fused-ring (bicyclic) bond motifs is 1. The molecule has 1 aliphatic carbocycles. The Morgan fingerprint density at radius 1 is 1.32 bits per heavy atom. The summed E-state index contributed by atoms with van der Waals surface area (Å²) in [5.41, 5.74) is 1.36. The van der Waals surface area contributed by atoms with Crippen LogP contribution in [0, 0.1) is 0 Å². The van der Waals surface area contributed by atoms with Gasteiger partial charge in [0.2, 0.25) is 13.4 Å². The zero-order valence-electron chi connectivity index (χ0n) is 14.1. The van der Waals surface area contributed by atoms with Crippen molar-refractivity contribution in [1.82, 2.24) is 5.32 Å². The van der Waals surface area contributed by atoms with Crippen molar-refractivity contribution < 1.29 is 28.6 Å². The molecule has 134 valence electrons. The highest BCUT2D eigenvalue weighted by Gasteiger charge is 2.27. The van der Waals surface area contributed by atoms with Gasteiger partial charge >= 0.3 is 5.97 Å². The first-order valence-electron chi connectivity index (χ1n) is 8.09. The lowest BCUT2D eigenvalue weighted by atomic mass is 10.1. The normalized spacial score (nSPS) is 17.0. The molecule has 1 saturated carbocycles. The number of ether oxygens (including phenoxy) is 3. The molecule has 1 heterocycles. The lowest BCUT2D eigenvalue weighted by Crippen LogP contribution is -2.37. The third-order valence-corrected chi connectivity index (χ3v) is 3.78. The van der Waals surface area contributed by atoms with Gasteiger partial charge in [0.25, 0.3) is 5.91 Å². The fourth-order valence-corrected chi connectivity index (χ4v) is 2.19. The summed E-state index contributed by atoms with van der Waals surface area (Å²) < 4.78 is 15.5. The summed E-state index contributed by atoms with van der Waals surface area (Å²) in [5.74, 6) is 0.373. The van der Waals surface area contributed by atoms with Crippen molar-refractivity contribution in [3.05, 3.63) is 23.8 Å². The molecular weight excluding hydrogens is 328 g/mol. The van der Waals surface area contributed by atoms with E-state index in [4.69, 9.17) is 19.0 Å². The predicted molar refractivity (Wildman–Crippen MR) is 87.4 cm³/mol. The summed E-state index contributed by atoms with van der Waals surface area (Å²) >= 11 is 0. The van der Waals surface area contributed by atoms with Gasteiger partial charge in [-0.25, -0.2) is 4.79 Å². The van der Waals surface area contributed by atoms with Crippen LogP contribution in [0.4, 0.5) is 0 Å². The Labute approximate surface area is 145 Å². The molecule has 1 atom stereocenters. The van der Waals surface area contributed by atoms with Crippen LogP contribution >= 0.6 is 0 Å². The van der Waals surface area contributed by atoms with Gasteiger partial charge in [0.15, 0.2) is 17.6 Å². The topological polar surface area (TPSA) is 95.5 Å². The Kier molecular flexibility index (Phi) is 5.06. The molecule has 25 heavy (non-hydrogen) atoms. The van der Waals surface area contributed by atoms with E-state index in [0.29, 0.717) is 17.2 Å². The number of rotatable bonds is 7. The van der Waals surface area contributed by atoms with E-state index < -0.39 is 12.1 Å². The third kappa shape index (κ3) is 4.62. The van der Waals surface area contributed by atoms with Gasteiger partial charge in [-0.3, -0.25) is 4.79 Å². The zero-order chi connectivity index (χ0) is 17.8. The number of amides is 1. The molecule has 0 radical (unpaired) electrons. The smallest absolute Gasteiger partial charge is 0.347 e. The summed E-state index contributed by atoms with van der Waals surface area (Å²) in [6.07, 6.45) is 1.10. The molecular formula is C17H20N2O6. The number of carbonyl (C=O) groups is 2. The largest absolute Gasteiger partial charge is 0.454 e. The molecule has 8 nitrogen and oxygen atoms in total. The second kappa shape index (κ2) is 7.42. The SMILES string of the molecule is C/C(=N/OCC(=O)O[C@@H](C)C(=O)NC1CC1)c1ccc2c(c1)OCO2. The van der Waals surface area contributed by atoms with Crippen LogP contribution in [0.5, 0.6) is 11.5 Å². The van der Waals surface area contributed by atoms with Gasteiger partial charge in [0, 0.05) is 11.6 Å². The molecule has 1 aromatic carbocycles. The number of esters is 1. The summed E-state index contributed by atoms with van der Waals surface area (Å²) in [6, 6.07) is 5.61. The van der Waals surface area contributed by atoms with Crippen molar-refractivity contribution in [1.29, 1.82) is 0 Å². The van der Waals surface area contributed by atoms with Gasteiger partial charge in [-0.05, 0) is 44.9 Å². The molecule has 0 saturated heterocycles. The van der Waals surface area contributed by atoms with E-state index in [1.807, 2.05) is 6.07 Å². The molecule has 3 rings (SSSR count). The van der Waals surface area contributed by atoms with Crippen LogP contribution < -0.4 is 14.8 Å². The Bertz CT molecular complexity index is 698. The lowest BCUT2D eigenvalue weighted by Gasteiger charge is -2.12. The first kappa shape index (κ1) is 17.1. The van der Waals surface area contributed by atoms with Crippen molar-refractivity contribution in [2.24, 2.45) is 5.16 Å². The number of benzene rings is 1. The van der Waals surface area contributed by atoms with E-state index in [-0.39, 0.29) is 25.3 Å². The van der Waals surface area contributed by atoms with E-state index in [9.17, 15) is 9.59 Å². The number of nitrogens with zero attached hydrogens (tertiary/aromatic N) is 1. The van der Waals surface area contributed by atoms with E-state index >= 15 is 0 Å². The molecule has 1 amide bonds. The highest BCUT2D eigenvalue weighted by molar-refractivity contribution is 5.99. The molecule has 0 aromatic heterocycles.